The Kier molecular flexibility index (Phi) is 6.49. The van der Waals surface area contributed by atoms with E-state index in [1.807, 2.05) is 31.2 Å². The van der Waals surface area contributed by atoms with Crippen molar-refractivity contribution in [1.82, 2.24) is 4.98 Å². The lowest BCUT2D eigenvalue weighted by molar-refractivity contribution is -0.142. The van der Waals surface area contributed by atoms with Gasteiger partial charge < -0.3 is 14.6 Å². The van der Waals surface area contributed by atoms with Gasteiger partial charge in [-0.05, 0) is 54.5 Å². The number of nitrogens with zero attached hydrogens (tertiary/aromatic N) is 2. The zero-order chi connectivity index (χ0) is 19.9. The number of hydrogen-bond donors (Lipinski definition) is 1. The van der Waals surface area contributed by atoms with Gasteiger partial charge in [0, 0.05) is 18.7 Å². The number of aryl methyl sites for hydroxylation is 1. The van der Waals surface area contributed by atoms with E-state index in [9.17, 15) is 9.90 Å². The molecule has 0 bridgehead atoms. The number of aliphatic carboxylic acids is 1. The Hall–Kier alpha value is -3.07. The molecular weight excluding hydrogens is 356 g/mol. The molecule has 1 N–H and O–H groups in total. The van der Waals surface area contributed by atoms with Gasteiger partial charge >= 0.3 is 5.97 Å². The lowest BCUT2D eigenvalue weighted by Gasteiger charge is -2.19. The van der Waals surface area contributed by atoms with E-state index >= 15 is 0 Å². The van der Waals surface area contributed by atoms with Gasteiger partial charge in [-0.25, -0.2) is 4.98 Å². The number of carboxylic acid groups (broad SMARTS) is 1. The fraction of sp³-hybridized carbons (Fsp3) is 0.409. The summed E-state index contributed by atoms with van der Waals surface area (Å²) < 4.78 is 11.4. The van der Waals surface area contributed by atoms with E-state index in [0.717, 1.165) is 24.2 Å². The molecule has 146 valence electrons. The second kappa shape index (κ2) is 9.23. The van der Waals surface area contributed by atoms with Crippen LogP contribution in [-0.2, 0) is 11.2 Å². The minimum atomic E-state index is -0.711. The Bertz CT molecular complexity index is 858. The van der Waals surface area contributed by atoms with Crippen molar-refractivity contribution in [3.05, 3.63) is 53.2 Å². The van der Waals surface area contributed by atoms with Gasteiger partial charge in [-0.2, -0.15) is 5.26 Å². The van der Waals surface area contributed by atoms with Crippen molar-refractivity contribution >= 4 is 5.97 Å². The maximum atomic E-state index is 11.5. The van der Waals surface area contributed by atoms with E-state index in [1.54, 1.807) is 12.1 Å². The molecule has 0 fully saturated rings. The normalized spacial score (nSPS) is 16.1. The highest BCUT2D eigenvalue weighted by Gasteiger charge is 2.33. The summed E-state index contributed by atoms with van der Waals surface area (Å²) in [7, 11) is 0. The molecule has 0 saturated carbocycles. The number of benzene rings is 1. The van der Waals surface area contributed by atoms with Crippen molar-refractivity contribution in [3.8, 4) is 17.7 Å². The molecule has 2 aromatic rings. The molecule has 2 atom stereocenters. The van der Waals surface area contributed by atoms with E-state index in [1.165, 1.54) is 11.8 Å². The van der Waals surface area contributed by atoms with Crippen LogP contribution in [0.3, 0.4) is 0 Å². The summed E-state index contributed by atoms with van der Waals surface area (Å²) in [5.41, 5.74) is 2.85. The average Bonchev–Trinajstić information content (AvgIpc) is 3.11. The molecule has 1 aromatic heterocycles. The zero-order valence-corrected chi connectivity index (χ0v) is 15.9. The molecular formula is C22H24N2O4. The monoisotopic (exact) mass is 380 g/mol. The number of ether oxygens (including phenoxy) is 2. The van der Waals surface area contributed by atoms with Crippen LogP contribution >= 0.6 is 0 Å². The summed E-state index contributed by atoms with van der Waals surface area (Å²) in [6.07, 6.45) is 4.62. The maximum absolute atomic E-state index is 11.5. The summed E-state index contributed by atoms with van der Waals surface area (Å²) >= 11 is 0. The predicted octanol–water partition coefficient (Wildman–Crippen LogP) is 3.94. The maximum Gasteiger partial charge on any atom is 0.307 e. The molecule has 0 amide bonds. The fourth-order valence-corrected chi connectivity index (χ4v) is 3.72. The van der Waals surface area contributed by atoms with Crippen LogP contribution in [0.2, 0.25) is 0 Å². The van der Waals surface area contributed by atoms with E-state index in [-0.39, 0.29) is 11.8 Å². The highest BCUT2D eigenvalue weighted by Crippen LogP contribution is 2.41. The van der Waals surface area contributed by atoms with Crippen LogP contribution < -0.4 is 9.47 Å². The molecule has 1 aliphatic rings. The Morgan fingerprint density at radius 2 is 2.14 bits per heavy atom. The third-order valence-corrected chi connectivity index (χ3v) is 5.15. The standard InChI is InChI=1S/C22H24N2O4/c1-2-18(22(25)26)20-7-5-16-12-17(6-8-19(16)20)27-10-3-11-28-21-9-4-15(13-23)14-24-21/h4,6,8-9,12,14,18,20H,2-3,5,7,10-11H2,1H3,(H,25,26)/t18?,20-/m0/s1. The van der Waals surface area contributed by atoms with E-state index in [2.05, 4.69) is 4.98 Å². The first kappa shape index (κ1) is 19.7. The molecule has 0 aliphatic heterocycles. The number of aromatic nitrogens is 1. The number of pyridine rings is 1. The largest absolute Gasteiger partial charge is 0.493 e. The molecule has 1 aliphatic carbocycles. The third-order valence-electron chi connectivity index (χ3n) is 5.15. The molecule has 6 nitrogen and oxygen atoms in total. The Labute approximate surface area is 164 Å². The topological polar surface area (TPSA) is 92.4 Å². The molecule has 0 spiro atoms. The van der Waals surface area contributed by atoms with E-state index < -0.39 is 5.97 Å². The SMILES string of the molecule is CCC(C(=O)O)[C@@H]1CCc2cc(OCCCOc3ccc(C#N)cn3)ccc21. The number of nitriles is 1. The minimum absolute atomic E-state index is 0.0971. The first-order valence-electron chi connectivity index (χ1n) is 9.59. The van der Waals surface area contributed by atoms with Crippen LogP contribution in [0.1, 0.15) is 48.8 Å². The van der Waals surface area contributed by atoms with Crippen LogP contribution in [0.5, 0.6) is 11.6 Å². The smallest absolute Gasteiger partial charge is 0.307 e. The number of rotatable bonds is 9. The zero-order valence-electron chi connectivity index (χ0n) is 15.9. The number of carboxylic acids is 1. The van der Waals surface area contributed by atoms with Crippen LogP contribution in [-0.4, -0.2) is 29.3 Å². The third kappa shape index (κ3) is 4.61. The van der Waals surface area contributed by atoms with Gasteiger partial charge in [-0.1, -0.05) is 13.0 Å². The van der Waals surface area contributed by atoms with E-state index in [0.29, 0.717) is 37.5 Å². The molecule has 1 aromatic carbocycles. The Morgan fingerprint density at radius 1 is 1.32 bits per heavy atom. The molecule has 1 unspecified atom stereocenters. The highest BCUT2D eigenvalue weighted by molar-refractivity contribution is 5.71. The average molecular weight is 380 g/mol. The molecule has 0 radical (unpaired) electrons. The summed E-state index contributed by atoms with van der Waals surface area (Å²) in [5, 5.41) is 18.2. The van der Waals surface area contributed by atoms with Crippen molar-refractivity contribution < 1.29 is 19.4 Å². The first-order chi connectivity index (χ1) is 13.6. The van der Waals surface area contributed by atoms with Gasteiger partial charge in [0.05, 0.1) is 24.7 Å². The second-order valence-corrected chi connectivity index (χ2v) is 6.91. The van der Waals surface area contributed by atoms with Gasteiger partial charge in [0.25, 0.3) is 0 Å². The van der Waals surface area contributed by atoms with E-state index in [4.69, 9.17) is 14.7 Å². The minimum Gasteiger partial charge on any atom is -0.493 e. The summed E-state index contributed by atoms with van der Waals surface area (Å²) in [6, 6.07) is 11.3. The summed E-state index contributed by atoms with van der Waals surface area (Å²) in [5.74, 6) is 0.365. The molecule has 6 heteroatoms. The molecule has 0 saturated heterocycles. The molecule has 3 rings (SSSR count). The van der Waals surface area contributed by atoms with Gasteiger partial charge in [-0.15, -0.1) is 0 Å². The second-order valence-electron chi connectivity index (χ2n) is 6.91. The Balaban J connectivity index is 1.47. The molecule has 28 heavy (non-hydrogen) atoms. The number of carbonyl (C=O) groups is 1. The number of fused-ring (bicyclic) bond motifs is 1. The van der Waals surface area contributed by atoms with Crippen molar-refractivity contribution in [1.29, 1.82) is 5.26 Å². The number of hydrogen-bond acceptors (Lipinski definition) is 5. The first-order valence-corrected chi connectivity index (χ1v) is 9.59. The lowest BCUT2D eigenvalue weighted by Crippen LogP contribution is -2.19. The fourth-order valence-electron chi connectivity index (χ4n) is 3.72. The van der Waals surface area contributed by atoms with Crippen LogP contribution in [0.4, 0.5) is 0 Å². The van der Waals surface area contributed by atoms with Crippen molar-refractivity contribution in [2.45, 2.75) is 38.5 Å². The highest BCUT2D eigenvalue weighted by atomic mass is 16.5. The summed E-state index contributed by atoms with van der Waals surface area (Å²) in [4.78, 5) is 15.5. The van der Waals surface area contributed by atoms with Crippen LogP contribution in [0, 0.1) is 17.2 Å². The van der Waals surface area contributed by atoms with Crippen molar-refractivity contribution in [3.63, 3.8) is 0 Å². The van der Waals surface area contributed by atoms with Gasteiger partial charge in [0.1, 0.15) is 11.8 Å². The Morgan fingerprint density at radius 3 is 2.82 bits per heavy atom. The van der Waals surface area contributed by atoms with Gasteiger partial charge in [0.2, 0.25) is 5.88 Å². The van der Waals surface area contributed by atoms with Gasteiger partial charge in [0.15, 0.2) is 0 Å². The van der Waals surface area contributed by atoms with Gasteiger partial charge in [-0.3, -0.25) is 4.79 Å². The van der Waals surface area contributed by atoms with Crippen LogP contribution in [0.15, 0.2) is 36.5 Å². The molecule has 1 heterocycles. The predicted molar refractivity (Wildman–Crippen MR) is 103 cm³/mol. The quantitative estimate of drug-likeness (QED) is 0.663. The van der Waals surface area contributed by atoms with Crippen molar-refractivity contribution in [2.24, 2.45) is 5.92 Å². The van der Waals surface area contributed by atoms with Crippen molar-refractivity contribution in [2.75, 3.05) is 13.2 Å². The summed E-state index contributed by atoms with van der Waals surface area (Å²) in [6.45, 7) is 2.93. The lowest BCUT2D eigenvalue weighted by atomic mass is 9.85. The van der Waals surface area contributed by atoms with Crippen LogP contribution in [0.25, 0.3) is 0 Å².